The van der Waals surface area contributed by atoms with E-state index in [1.165, 1.54) is 6.92 Å². The summed E-state index contributed by atoms with van der Waals surface area (Å²) in [6, 6.07) is 0. The summed E-state index contributed by atoms with van der Waals surface area (Å²) in [5.74, 6) is -1.15. The second kappa shape index (κ2) is 7.03. The molecule has 0 atom stereocenters. The molecule has 0 N–H and O–H groups in total. The number of esters is 2. The van der Waals surface area contributed by atoms with Crippen LogP contribution in [0.15, 0.2) is 25.3 Å². The summed E-state index contributed by atoms with van der Waals surface area (Å²) in [5, 5.41) is 0. The van der Waals surface area contributed by atoms with Crippen molar-refractivity contribution in [2.75, 3.05) is 19.6 Å². The number of ether oxygens (including phenoxy) is 1. The molecule has 0 saturated carbocycles. The lowest BCUT2D eigenvalue weighted by Crippen LogP contribution is -2.32. The van der Waals surface area contributed by atoms with Crippen LogP contribution in [0.1, 0.15) is 6.92 Å². The van der Waals surface area contributed by atoms with Gasteiger partial charge in [-0.15, -0.1) is 13.2 Å². The van der Waals surface area contributed by atoms with Gasteiger partial charge >= 0.3 is 11.9 Å². The van der Waals surface area contributed by atoms with Gasteiger partial charge in [0.1, 0.15) is 0 Å². The molecule has 0 bridgehead atoms. The second-order valence-corrected chi connectivity index (χ2v) is 2.74. The fourth-order valence-electron chi connectivity index (χ4n) is 0.944. The van der Waals surface area contributed by atoms with Crippen molar-refractivity contribution in [1.82, 2.24) is 4.90 Å². The zero-order chi connectivity index (χ0) is 11.0. The zero-order valence-corrected chi connectivity index (χ0v) is 8.36. The summed E-state index contributed by atoms with van der Waals surface area (Å²) in [5.41, 5.74) is 0. The van der Waals surface area contributed by atoms with Gasteiger partial charge in [-0.2, -0.15) is 0 Å². The van der Waals surface area contributed by atoms with Crippen LogP contribution >= 0.6 is 0 Å². The van der Waals surface area contributed by atoms with Crippen molar-refractivity contribution in [3.8, 4) is 0 Å². The number of carbonyl (C=O) groups is 2. The van der Waals surface area contributed by atoms with Gasteiger partial charge in [0.2, 0.25) is 0 Å². The quantitative estimate of drug-likeness (QED) is 0.358. The van der Waals surface area contributed by atoms with Crippen molar-refractivity contribution in [1.29, 1.82) is 0 Å². The Bertz CT molecular complexity index is 226. The molecule has 0 amide bonds. The van der Waals surface area contributed by atoms with Crippen LogP contribution in [0.5, 0.6) is 0 Å². The third kappa shape index (κ3) is 6.14. The molecule has 4 heteroatoms. The molecule has 0 aromatic heterocycles. The van der Waals surface area contributed by atoms with Gasteiger partial charge < -0.3 is 4.74 Å². The van der Waals surface area contributed by atoms with Crippen LogP contribution in [0.4, 0.5) is 0 Å². The fourth-order valence-corrected chi connectivity index (χ4v) is 0.944. The van der Waals surface area contributed by atoms with Crippen LogP contribution in [-0.2, 0) is 14.3 Å². The Hall–Kier alpha value is -1.42. The molecule has 0 radical (unpaired) electrons. The molecular formula is C10H15NO3. The number of carbonyl (C=O) groups excluding carboxylic acids is 2. The first-order chi connectivity index (χ1) is 6.60. The van der Waals surface area contributed by atoms with Crippen molar-refractivity contribution in [3.63, 3.8) is 0 Å². The van der Waals surface area contributed by atoms with E-state index in [1.807, 2.05) is 0 Å². The summed E-state index contributed by atoms with van der Waals surface area (Å²) < 4.78 is 4.39. The van der Waals surface area contributed by atoms with Crippen LogP contribution in [0, 0.1) is 0 Å². The van der Waals surface area contributed by atoms with Crippen LogP contribution in [0.2, 0.25) is 0 Å². The molecule has 14 heavy (non-hydrogen) atoms. The van der Waals surface area contributed by atoms with E-state index in [4.69, 9.17) is 0 Å². The summed E-state index contributed by atoms with van der Waals surface area (Å²) in [7, 11) is 0. The van der Waals surface area contributed by atoms with Crippen molar-refractivity contribution in [3.05, 3.63) is 25.3 Å². The maximum atomic E-state index is 11.1. The van der Waals surface area contributed by atoms with E-state index < -0.39 is 11.9 Å². The monoisotopic (exact) mass is 197 g/mol. The summed E-state index contributed by atoms with van der Waals surface area (Å²) >= 11 is 0. The summed E-state index contributed by atoms with van der Waals surface area (Å²) in [6.45, 7) is 9.49. The molecule has 0 fully saturated rings. The largest absolute Gasteiger partial charge is 0.392 e. The minimum Gasteiger partial charge on any atom is -0.392 e. The van der Waals surface area contributed by atoms with Gasteiger partial charge in [-0.3, -0.25) is 14.5 Å². The van der Waals surface area contributed by atoms with Gasteiger partial charge in [0.05, 0.1) is 6.54 Å². The maximum absolute atomic E-state index is 11.1. The highest BCUT2D eigenvalue weighted by atomic mass is 16.6. The highest BCUT2D eigenvalue weighted by Crippen LogP contribution is 1.91. The molecule has 0 saturated heterocycles. The Morgan fingerprint density at radius 1 is 1.29 bits per heavy atom. The number of hydrogen-bond donors (Lipinski definition) is 0. The Labute approximate surface area is 83.8 Å². The van der Waals surface area contributed by atoms with Crippen LogP contribution in [0.25, 0.3) is 0 Å². The minimum absolute atomic E-state index is 0.0671. The Balaban J connectivity index is 4.00. The zero-order valence-electron chi connectivity index (χ0n) is 8.36. The van der Waals surface area contributed by atoms with E-state index in [2.05, 4.69) is 17.9 Å². The molecule has 0 aliphatic rings. The third-order valence-corrected chi connectivity index (χ3v) is 1.38. The molecule has 4 nitrogen and oxygen atoms in total. The van der Waals surface area contributed by atoms with E-state index in [0.29, 0.717) is 13.1 Å². The van der Waals surface area contributed by atoms with Crippen molar-refractivity contribution in [2.45, 2.75) is 6.92 Å². The third-order valence-electron chi connectivity index (χ3n) is 1.38. The molecule has 0 aliphatic carbocycles. The minimum atomic E-state index is -0.591. The molecule has 0 heterocycles. The van der Waals surface area contributed by atoms with Gasteiger partial charge in [-0.25, -0.2) is 0 Å². The van der Waals surface area contributed by atoms with Crippen LogP contribution in [0.3, 0.4) is 0 Å². The number of hydrogen-bond acceptors (Lipinski definition) is 4. The van der Waals surface area contributed by atoms with Gasteiger partial charge in [-0.05, 0) is 0 Å². The number of rotatable bonds is 6. The van der Waals surface area contributed by atoms with E-state index >= 15 is 0 Å². The normalized spacial score (nSPS) is 9.57. The molecule has 0 aliphatic heterocycles. The highest BCUT2D eigenvalue weighted by molar-refractivity contribution is 5.85. The molecule has 0 spiro atoms. The predicted octanol–water partition coefficient (Wildman–Crippen LogP) is 0.750. The Morgan fingerprint density at radius 2 is 1.79 bits per heavy atom. The van der Waals surface area contributed by atoms with Gasteiger partial charge in [0.15, 0.2) is 0 Å². The molecule has 0 aromatic rings. The predicted molar refractivity (Wildman–Crippen MR) is 53.6 cm³/mol. The second-order valence-electron chi connectivity index (χ2n) is 2.74. The highest BCUT2D eigenvalue weighted by Gasteiger charge is 2.10. The van der Waals surface area contributed by atoms with Crippen molar-refractivity contribution < 1.29 is 14.3 Å². The smallest absolute Gasteiger partial charge is 0.327 e. The SMILES string of the molecule is C=CCN(CC=C)CC(=O)OC(C)=O. The lowest BCUT2D eigenvalue weighted by Gasteiger charge is -2.16. The molecule has 78 valence electrons. The average molecular weight is 197 g/mol. The first kappa shape index (κ1) is 12.6. The maximum Gasteiger partial charge on any atom is 0.327 e. The topological polar surface area (TPSA) is 46.6 Å². The van der Waals surface area contributed by atoms with E-state index in [-0.39, 0.29) is 6.54 Å². The van der Waals surface area contributed by atoms with Gasteiger partial charge in [0, 0.05) is 20.0 Å². The van der Waals surface area contributed by atoms with E-state index in [1.54, 1.807) is 17.1 Å². The lowest BCUT2D eigenvalue weighted by molar-refractivity contribution is -0.158. The average Bonchev–Trinajstić information content (AvgIpc) is 2.03. The van der Waals surface area contributed by atoms with Gasteiger partial charge in [-0.1, -0.05) is 12.2 Å². The fraction of sp³-hybridized carbons (Fsp3) is 0.400. The van der Waals surface area contributed by atoms with Crippen LogP contribution < -0.4 is 0 Å². The molecule has 0 rings (SSSR count). The Kier molecular flexibility index (Phi) is 6.32. The van der Waals surface area contributed by atoms with Crippen LogP contribution in [-0.4, -0.2) is 36.5 Å². The van der Waals surface area contributed by atoms with E-state index in [9.17, 15) is 9.59 Å². The van der Waals surface area contributed by atoms with Gasteiger partial charge in [0.25, 0.3) is 0 Å². The molecular weight excluding hydrogens is 182 g/mol. The lowest BCUT2D eigenvalue weighted by atomic mass is 10.4. The van der Waals surface area contributed by atoms with Crippen molar-refractivity contribution >= 4 is 11.9 Å². The number of nitrogens with zero attached hydrogens (tertiary/aromatic N) is 1. The first-order valence-electron chi connectivity index (χ1n) is 4.25. The summed E-state index contributed by atoms with van der Waals surface area (Å²) in [6.07, 6.45) is 3.34. The first-order valence-corrected chi connectivity index (χ1v) is 4.25. The summed E-state index contributed by atoms with van der Waals surface area (Å²) in [4.78, 5) is 23.3. The van der Waals surface area contributed by atoms with Crippen molar-refractivity contribution in [2.24, 2.45) is 0 Å². The molecule has 0 unspecified atom stereocenters. The Morgan fingerprint density at radius 3 is 2.14 bits per heavy atom. The molecule has 0 aromatic carbocycles. The standard InChI is InChI=1S/C10H15NO3/c1-4-6-11(7-5-2)8-10(13)14-9(3)12/h4-5H,1-2,6-8H2,3H3. The van der Waals surface area contributed by atoms with E-state index in [0.717, 1.165) is 0 Å².